The van der Waals surface area contributed by atoms with E-state index in [-0.39, 0.29) is 36.8 Å². The van der Waals surface area contributed by atoms with Crippen molar-refractivity contribution < 1.29 is 4.79 Å². The summed E-state index contributed by atoms with van der Waals surface area (Å²) in [6.07, 6.45) is 9.16. The standard InChI is InChI=1S/C19H29N3OS.2ClH/c1-12-11-24-18(21-12)16-7-2-3-8-22(16)19(23)15-9-13-5-4-6-14(10-15)17(13)20;;/h11,13-17H,2-10,20H2,1H3;2*1H. The molecule has 2 heterocycles. The van der Waals surface area contributed by atoms with Crippen LogP contribution in [0.5, 0.6) is 0 Å². The molecule has 0 spiro atoms. The molecule has 7 heteroatoms. The van der Waals surface area contributed by atoms with E-state index >= 15 is 0 Å². The van der Waals surface area contributed by atoms with Crippen molar-refractivity contribution in [3.63, 3.8) is 0 Å². The number of aryl methyl sites for hydroxylation is 1. The highest BCUT2D eigenvalue weighted by molar-refractivity contribution is 7.09. The summed E-state index contributed by atoms with van der Waals surface area (Å²) in [6.45, 7) is 2.94. The Morgan fingerprint density at radius 3 is 2.46 bits per heavy atom. The van der Waals surface area contributed by atoms with Gasteiger partial charge in [0.1, 0.15) is 5.01 Å². The summed E-state index contributed by atoms with van der Waals surface area (Å²) >= 11 is 1.72. The summed E-state index contributed by atoms with van der Waals surface area (Å²) in [4.78, 5) is 20.2. The van der Waals surface area contributed by atoms with Gasteiger partial charge in [0.25, 0.3) is 0 Å². The molecule has 0 radical (unpaired) electrons. The molecule has 26 heavy (non-hydrogen) atoms. The number of hydrogen-bond donors (Lipinski definition) is 1. The van der Waals surface area contributed by atoms with E-state index in [0.717, 1.165) is 42.9 Å². The van der Waals surface area contributed by atoms with Gasteiger partial charge in [0.05, 0.1) is 6.04 Å². The minimum absolute atomic E-state index is 0. The number of carbonyl (C=O) groups excluding carboxylic acids is 1. The predicted molar refractivity (Wildman–Crippen MR) is 111 cm³/mol. The number of nitrogens with two attached hydrogens (primary N) is 1. The number of rotatable bonds is 2. The maximum absolute atomic E-state index is 13.3. The van der Waals surface area contributed by atoms with Crippen molar-refractivity contribution in [2.75, 3.05) is 6.54 Å². The molecule has 148 valence electrons. The number of amides is 1. The second-order valence-corrected chi connectivity index (χ2v) is 8.96. The molecule has 2 aliphatic carbocycles. The molecule has 3 aliphatic rings. The molecule has 2 bridgehead atoms. The Kier molecular flexibility index (Phi) is 7.78. The van der Waals surface area contributed by atoms with Crippen molar-refractivity contribution in [2.45, 2.75) is 70.4 Å². The molecule has 1 amide bonds. The number of thiazole rings is 1. The second-order valence-electron chi connectivity index (χ2n) is 8.07. The van der Waals surface area contributed by atoms with Gasteiger partial charge in [-0.3, -0.25) is 4.79 Å². The number of carbonyl (C=O) groups is 1. The first-order chi connectivity index (χ1) is 11.6. The lowest BCUT2D eigenvalue weighted by molar-refractivity contribution is -0.142. The normalized spacial score (nSPS) is 33.8. The van der Waals surface area contributed by atoms with Crippen LogP contribution in [0.1, 0.15) is 68.1 Å². The molecule has 3 atom stereocenters. The summed E-state index contributed by atoms with van der Waals surface area (Å²) in [6, 6.07) is 0.543. The van der Waals surface area contributed by atoms with Crippen LogP contribution in [-0.2, 0) is 4.79 Å². The number of likely N-dealkylation sites (tertiary alicyclic amines) is 1. The van der Waals surface area contributed by atoms with Crippen molar-refractivity contribution in [2.24, 2.45) is 23.5 Å². The number of hydrogen-bond acceptors (Lipinski definition) is 4. The molecule has 0 aromatic carbocycles. The molecule has 1 aliphatic heterocycles. The topological polar surface area (TPSA) is 59.2 Å². The molecule has 1 aromatic heterocycles. The van der Waals surface area contributed by atoms with E-state index < -0.39 is 0 Å². The van der Waals surface area contributed by atoms with Crippen molar-refractivity contribution >= 4 is 42.1 Å². The molecule has 2 N–H and O–H groups in total. The van der Waals surface area contributed by atoms with Crippen LogP contribution in [0, 0.1) is 24.7 Å². The Labute approximate surface area is 173 Å². The first-order valence-electron chi connectivity index (χ1n) is 9.61. The van der Waals surface area contributed by atoms with Crippen molar-refractivity contribution in [3.05, 3.63) is 16.1 Å². The lowest BCUT2D eigenvalue weighted by Gasteiger charge is -2.45. The van der Waals surface area contributed by atoms with E-state index in [9.17, 15) is 4.79 Å². The van der Waals surface area contributed by atoms with Gasteiger partial charge in [-0.25, -0.2) is 4.98 Å². The zero-order valence-corrected chi connectivity index (χ0v) is 17.9. The van der Waals surface area contributed by atoms with Crippen LogP contribution in [0.3, 0.4) is 0 Å². The lowest BCUT2D eigenvalue weighted by Crippen LogP contribution is -2.50. The van der Waals surface area contributed by atoms with Crippen LogP contribution in [0.25, 0.3) is 0 Å². The highest BCUT2D eigenvalue weighted by atomic mass is 35.5. The maximum atomic E-state index is 13.3. The Balaban J connectivity index is 0.00000121. The van der Waals surface area contributed by atoms with Gasteiger partial charge in [0.2, 0.25) is 5.91 Å². The zero-order valence-electron chi connectivity index (χ0n) is 15.4. The molecule has 3 fully saturated rings. The molecule has 2 saturated carbocycles. The highest BCUT2D eigenvalue weighted by Crippen LogP contribution is 2.44. The quantitative estimate of drug-likeness (QED) is 0.766. The molecule has 4 nitrogen and oxygen atoms in total. The average molecular weight is 420 g/mol. The van der Waals surface area contributed by atoms with Crippen LogP contribution >= 0.6 is 36.2 Å². The van der Waals surface area contributed by atoms with Crippen LogP contribution in [0.15, 0.2) is 5.38 Å². The van der Waals surface area contributed by atoms with Crippen molar-refractivity contribution in [3.8, 4) is 0 Å². The van der Waals surface area contributed by atoms with Crippen molar-refractivity contribution in [1.29, 1.82) is 0 Å². The Bertz CT molecular complexity index is 597. The largest absolute Gasteiger partial charge is 0.333 e. The molecular formula is C19H31Cl2N3OS. The fraction of sp³-hybridized carbons (Fsp3) is 0.789. The molecule has 4 rings (SSSR count). The Morgan fingerprint density at radius 2 is 1.85 bits per heavy atom. The fourth-order valence-electron chi connectivity index (χ4n) is 5.20. The van der Waals surface area contributed by atoms with Gasteiger partial charge in [-0.2, -0.15) is 0 Å². The van der Waals surface area contributed by atoms with Gasteiger partial charge in [0, 0.05) is 29.6 Å². The number of halogens is 2. The Morgan fingerprint density at radius 1 is 1.15 bits per heavy atom. The summed E-state index contributed by atoms with van der Waals surface area (Å²) in [5, 5.41) is 3.24. The number of fused-ring (bicyclic) bond motifs is 2. The van der Waals surface area contributed by atoms with Crippen LogP contribution in [-0.4, -0.2) is 28.4 Å². The SMILES string of the molecule is Cc1csc(C2CCCCN2C(=O)C2CC3CCCC(C2)C3N)n1.Cl.Cl. The van der Waals surface area contributed by atoms with Crippen molar-refractivity contribution in [1.82, 2.24) is 9.88 Å². The summed E-state index contributed by atoms with van der Waals surface area (Å²) in [5.41, 5.74) is 7.49. The first-order valence-corrected chi connectivity index (χ1v) is 10.5. The minimum atomic E-state index is 0. The van der Waals surface area contributed by atoms with E-state index in [1.165, 1.54) is 25.7 Å². The zero-order chi connectivity index (χ0) is 16.7. The van der Waals surface area contributed by atoms with Crippen LogP contribution < -0.4 is 5.73 Å². The van der Waals surface area contributed by atoms with E-state index in [1.807, 2.05) is 6.92 Å². The second kappa shape index (κ2) is 9.22. The average Bonchev–Trinajstić information content (AvgIpc) is 3.00. The third-order valence-electron chi connectivity index (χ3n) is 6.47. The maximum Gasteiger partial charge on any atom is 0.226 e. The monoisotopic (exact) mass is 419 g/mol. The number of nitrogens with zero attached hydrogens (tertiary/aromatic N) is 2. The number of aromatic nitrogens is 1. The van der Waals surface area contributed by atoms with Gasteiger partial charge in [-0.05, 0) is 63.7 Å². The van der Waals surface area contributed by atoms with Gasteiger partial charge in [-0.15, -0.1) is 36.2 Å². The highest BCUT2D eigenvalue weighted by Gasteiger charge is 2.43. The van der Waals surface area contributed by atoms with Gasteiger partial charge in [-0.1, -0.05) is 6.42 Å². The fourth-order valence-corrected chi connectivity index (χ4v) is 6.15. The van der Waals surface area contributed by atoms with Gasteiger partial charge in [0.15, 0.2) is 0 Å². The Hall–Kier alpha value is -0.360. The smallest absolute Gasteiger partial charge is 0.226 e. The molecular weight excluding hydrogens is 389 g/mol. The van der Waals surface area contributed by atoms with E-state index in [4.69, 9.17) is 5.73 Å². The van der Waals surface area contributed by atoms with Crippen LogP contribution in [0.4, 0.5) is 0 Å². The summed E-state index contributed by atoms with van der Waals surface area (Å²) < 4.78 is 0. The third-order valence-corrected chi connectivity index (χ3v) is 7.53. The van der Waals surface area contributed by atoms with E-state index in [2.05, 4.69) is 15.3 Å². The van der Waals surface area contributed by atoms with Gasteiger partial charge < -0.3 is 10.6 Å². The lowest BCUT2D eigenvalue weighted by atomic mass is 9.64. The predicted octanol–water partition coefficient (Wildman–Crippen LogP) is 4.50. The third kappa shape index (κ3) is 4.21. The summed E-state index contributed by atoms with van der Waals surface area (Å²) in [5.74, 6) is 1.71. The molecule has 1 saturated heterocycles. The van der Waals surface area contributed by atoms with E-state index in [0.29, 0.717) is 23.8 Å². The first kappa shape index (κ1) is 21.9. The van der Waals surface area contributed by atoms with Gasteiger partial charge >= 0.3 is 0 Å². The van der Waals surface area contributed by atoms with Crippen LogP contribution in [0.2, 0.25) is 0 Å². The molecule has 3 unspecified atom stereocenters. The number of piperidine rings is 1. The minimum Gasteiger partial charge on any atom is -0.333 e. The molecule has 1 aromatic rings. The van der Waals surface area contributed by atoms with E-state index in [1.54, 1.807) is 11.3 Å². The summed E-state index contributed by atoms with van der Waals surface area (Å²) in [7, 11) is 0.